The number of thioether (sulfide) groups is 1. The van der Waals surface area contributed by atoms with Gasteiger partial charge in [-0.15, -0.1) is 10.2 Å². The van der Waals surface area contributed by atoms with Crippen molar-refractivity contribution in [1.82, 2.24) is 14.8 Å². The number of primary amides is 1. The molecule has 6 nitrogen and oxygen atoms in total. The van der Waals surface area contributed by atoms with E-state index >= 15 is 0 Å². The van der Waals surface area contributed by atoms with E-state index in [2.05, 4.69) is 19.7 Å². The fraction of sp³-hybridized carbons (Fsp3) is 0.750. The van der Waals surface area contributed by atoms with Crippen LogP contribution in [0.5, 0.6) is 0 Å². The molecule has 0 bridgehead atoms. The van der Waals surface area contributed by atoms with Crippen molar-refractivity contribution in [2.24, 2.45) is 5.73 Å². The van der Waals surface area contributed by atoms with E-state index in [1.165, 1.54) is 43.9 Å². The van der Waals surface area contributed by atoms with Gasteiger partial charge >= 0.3 is 0 Å². The predicted molar refractivity (Wildman–Crippen MR) is 74.3 cm³/mol. The van der Waals surface area contributed by atoms with Gasteiger partial charge in [-0.05, 0) is 32.1 Å². The summed E-state index contributed by atoms with van der Waals surface area (Å²) in [6, 6.07) is 0.516. The fourth-order valence-corrected chi connectivity index (χ4v) is 3.20. The van der Waals surface area contributed by atoms with Gasteiger partial charge in [-0.25, -0.2) is 0 Å². The maximum atomic E-state index is 10.9. The first kappa shape index (κ1) is 12.8. The van der Waals surface area contributed by atoms with Gasteiger partial charge in [0.25, 0.3) is 0 Å². The molecule has 1 aliphatic carbocycles. The summed E-state index contributed by atoms with van der Waals surface area (Å²) in [7, 11) is 0. The molecule has 104 valence electrons. The molecule has 19 heavy (non-hydrogen) atoms. The van der Waals surface area contributed by atoms with E-state index in [4.69, 9.17) is 5.73 Å². The molecule has 2 N–H and O–H groups in total. The van der Waals surface area contributed by atoms with Crippen molar-refractivity contribution >= 4 is 23.6 Å². The van der Waals surface area contributed by atoms with Gasteiger partial charge in [0.2, 0.25) is 11.9 Å². The number of anilines is 1. The molecule has 7 heteroatoms. The van der Waals surface area contributed by atoms with Crippen molar-refractivity contribution in [2.45, 2.75) is 43.3 Å². The summed E-state index contributed by atoms with van der Waals surface area (Å²) in [6.07, 6.45) is 6.12. The highest BCUT2D eigenvalue weighted by molar-refractivity contribution is 7.99. The Morgan fingerprint density at radius 1 is 1.26 bits per heavy atom. The van der Waals surface area contributed by atoms with Crippen LogP contribution < -0.4 is 10.6 Å². The summed E-state index contributed by atoms with van der Waals surface area (Å²) < 4.78 is 2.21. The summed E-state index contributed by atoms with van der Waals surface area (Å²) in [4.78, 5) is 13.2. The zero-order valence-electron chi connectivity index (χ0n) is 10.9. The lowest BCUT2D eigenvalue weighted by Gasteiger charge is -2.27. The van der Waals surface area contributed by atoms with Crippen LogP contribution in [0.15, 0.2) is 5.16 Å². The Morgan fingerprint density at radius 2 is 2.00 bits per heavy atom. The van der Waals surface area contributed by atoms with E-state index in [0.717, 1.165) is 24.2 Å². The third-order valence-electron chi connectivity index (χ3n) is 3.54. The summed E-state index contributed by atoms with van der Waals surface area (Å²) >= 11 is 1.40. The van der Waals surface area contributed by atoms with Crippen molar-refractivity contribution in [2.75, 3.05) is 23.7 Å². The molecule has 1 aromatic heterocycles. The average molecular weight is 281 g/mol. The molecule has 0 radical (unpaired) electrons. The maximum absolute atomic E-state index is 10.9. The first-order valence-electron chi connectivity index (χ1n) is 6.86. The lowest BCUT2D eigenvalue weighted by atomic mass is 10.1. The normalized spacial score (nSPS) is 19.7. The summed E-state index contributed by atoms with van der Waals surface area (Å²) in [6.45, 7) is 2.12. The van der Waals surface area contributed by atoms with E-state index in [-0.39, 0.29) is 11.7 Å². The smallest absolute Gasteiger partial charge is 0.228 e. The minimum Gasteiger partial charge on any atom is -0.369 e. The molecule has 1 aliphatic heterocycles. The molecular weight excluding hydrogens is 262 g/mol. The quantitative estimate of drug-likeness (QED) is 0.820. The van der Waals surface area contributed by atoms with E-state index in [0.29, 0.717) is 6.04 Å². The lowest BCUT2D eigenvalue weighted by Crippen LogP contribution is -2.32. The number of hydrogen-bond donors (Lipinski definition) is 1. The van der Waals surface area contributed by atoms with Crippen LogP contribution in [0.25, 0.3) is 0 Å². The molecule has 1 saturated heterocycles. The summed E-state index contributed by atoms with van der Waals surface area (Å²) in [5, 5.41) is 9.43. The van der Waals surface area contributed by atoms with Gasteiger partial charge in [-0.3, -0.25) is 9.36 Å². The Bertz CT molecular complexity index is 465. The third kappa shape index (κ3) is 2.86. The molecule has 0 aromatic carbocycles. The number of hydrogen-bond acceptors (Lipinski definition) is 5. The Kier molecular flexibility index (Phi) is 3.63. The Balaban J connectivity index is 1.81. The number of nitrogens with zero attached hydrogens (tertiary/aromatic N) is 4. The molecule has 3 rings (SSSR count). The lowest BCUT2D eigenvalue weighted by molar-refractivity contribution is -0.115. The monoisotopic (exact) mass is 281 g/mol. The fourth-order valence-electron chi connectivity index (χ4n) is 2.47. The molecule has 1 aromatic rings. The third-order valence-corrected chi connectivity index (χ3v) is 4.51. The van der Waals surface area contributed by atoms with Gasteiger partial charge in [0, 0.05) is 19.1 Å². The highest BCUT2D eigenvalue weighted by atomic mass is 32.2. The second kappa shape index (κ2) is 5.40. The molecule has 1 amide bonds. The maximum Gasteiger partial charge on any atom is 0.228 e. The molecule has 0 unspecified atom stereocenters. The van der Waals surface area contributed by atoms with Crippen LogP contribution in [0.2, 0.25) is 0 Å². The van der Waals surface area contributed by atoms with Crippen LogP contribution in [0.3, 0.4) is 0 Å². The number of carbonyl (C=O) groups excluding carboxylic acids is 1. The van der Waals surface area contributed by atoms with Gasteiger partial charge in [0.1, 0.15) is 0 Å². The van der Waals surface area contributed by atoms with Crippen molar-refractivity contribution < 1.29 is 4.79 Å². The van der Waals surface area contributed by atoms with E-state index in [1.54, 1.807) is 0 Å². The van der Waals surface area contributed by atoms with E-state index in [1.807, 2.05) is 0 Å². The van der Waals surface area contributed by atoms with Crippen LogP contribution in [0.4, 0.5) is 5.95 Å². The van der Waals surface area contributed by atoms with Crippen molar-refractivity contribution in [3.8, 4) is 0 Å². The Hall–Kier alpha value is -1.24. The van der Waals surface area contributed by atoms with Crippen LogP contribution in [-0.2, 0) is 4.79 Å². The van der Waals surface area contributed by atoms with E-state index in [9.17, 15) is 4.79 Å². The first-order chi connectivity index (χ1) is 9.25. The largest absolute Gasteiger partial charge is 0.369 e. The van der Waals surface area contributed by atoms with Gasteiger partial charge in [0.15, 0.2) is 5.16 Å². The number of aromatic nitrogens is 3. The second-order valence-corrected chi connectivity index (χ2v) is 6.13. The van der Waals surface area contributed by atoms with Crippen LogP contribution in [0, 0.1) is 0 Å². The molecule has 0 atom stereocenters. The van der Waals surface area contributed by atoms with Crippen molar-refractivity contribution in [1.29, 1.82) is 0 Å². The van der Waals surface area contributed by atoms with Gasteiger partial charge < -0.3 is 10.6 Å². The molecule has 2 aliphatic rings. The van der Waals surface area contributed by atoms with Gasteiger partial charge in [0.05, 0.1) is 5.75 Å². The molecular formula is C12H19N5OS. The number of piperidine rings is 1. The molecule has 0 spiro atoms. The zero-order valence-corrected chi connectivity index (χ0v) is 11.7. The summed E-state index contributed by atoms with van der Waals surface area (Å²) in [5.41, 5.74) is 5.20. The second-order valence-electron chi connectivity index (χ2n) is 5.19. The average Bonchev–Trinajstić information content (AvgIpc) is 3.17. The SMILES string of the molecule is NC(=O)CSc1nnc(N2CCCCC2)n1C1CC1. The highest BCUT2D eigenvalue weighted by Crippen LogP contribution is 2.41. The Morgan fingerprint density at radius 3 is 2.63 bits per heavy atom. The van der Waals surface area contributed by atoms with Crippen molar-refractivity contribution in [3.63, 3.8) is 0 Å². The minimum atomic E-state index is -0.310. The molecule has 2 fully saturated rings. The van der Waals surface area contributed by atoms with E-state index < -0.39 is 0 Å². The topological polar surface area (TPSA) is 77.0 Å². The standard InChI is InChI=1S/C12H19N5OS/c13-10(18)8-19-12-15-14-11(17(12)9-4-5-9)16-6-2-1-3-7-16/h9H,1-8H2,(H2,13,18). The first-order valence-corrected chi connectivity index (χ1v) is 7.85. The summed E-state index contributed by atoms with van der Waals surface area (Å²) in [5.74, 6) is 0.939. The van der Waals surface area contributed by atoms with Crippen LogP contribution >= 0.6 is 11.8 Å². The molecule has 1 saturated carbocycles. The van der Waals surface area contributed by atoms with Gasteiger partial charge in [-0.1, -0.05) is 11.8 Å². The van der Waals surface area contributed by atoms with Crippen LogP contribution in [-0.4, -0.2) is 39.5 Å². The predicted octanol–water partition coefficient (Wildman–Crippen LogP) is 1.18. The molecule has 2 heterocycles. The number of amides is 1. The highest BCUT2D eigenvalue weighted by Gasteiger charge is 2.32. The number of carbonyl (C=O) groups is 1. The van der Waals surface area contributed by atoms with Crippen LogP contribution in [0.1, 0.15) is 38.1 Å². The van der Waals surface area contributed by atoms with Crippen molar-refractivity contribution in [3.05, 3.63) is 0 Å². The number of nitrogens with two attached hydrogens (primary N) is 1. The Labute approximate surface area is 116 Å². The van der Waals surface area contributed by atoms with Gasteiger partial charge in [-0.2, -0.15) is 0 Å². The zero-order chi connectivity index (χ0) is 13.2. The number of rotatable bonds is 5. The minimum absolute atomic E-state index is 0.269.